The van der Waals surface area contributed by atoms with Crippen LogP contribution in [0.2, 0.25) is 0 Å². The number of hydrogen-bond acceptors (Lipinski definition) is 2. The lowest BCUT2D eigenvalue weighted by molar-refractivity contribution is 0.315. The third-order valence-corrected chi connectivity index (χ3v) is 2.21. The molecule has 68 valence electrons. The molecule has 1 atom stereocenters. The molecule has 0 saturated carbocycles. The van der Waals surface area contributed by atoms with Crippen LogP contribution < -0.4 is 10.1 Å². The second kappa shape index (κ2) is 3.62. The van der Waals surface area contributed by atoms with Gasteiger partial charge in [-0.1, -0.05) is 24.3 Å². The number of rotatable bonds is 3. The van der Waals surface area contributed by atoms with E-state index in [1.165, 1.54) is 5.56 Å². The molecule has 0 bridgehead atoms. The summed E-state index contributed by atoms with van der Waals surface area (Å²) in [6, 6.07) is 8.47. The van der Waals surface area contributed by atoms with Gasteiger partial charge in [-0.25, -0.2) is 0 Å². The minimum atomic E-state index is 0.328. The summed E-state index contributed by atoms with van der Waals surface area (Å²) in [6.07, 6.45) is 1.86. The second-order valence-corrected chi connectivity index (χ2v) is 3.10. The molecule has 1 aliphatic rings. The van der Waals surface area contributed by atoms with Crippen molar-refractivity contribution in [3.8, 4) is 5.75 Å². The number of benzene rings is 1. The molecule has 2 heteroatoms. The Morgan fingerprint density at radius 3 is 3.23 bits per heavy atom. The van der Waals surface area contributed by atoms with Gasteiger partial charge in [-0.3, -0.25) is 0 Å². The van der Waals surface area contributed by atoms with Crippen LogP contribution in [-0.4, -0.2) is 13.2 Å². The van der Waals surface area contributed by atoms with Gasteiger partial charge in [0.2, 0.25) is 0 Å². The van der Waals surface area contributed by atoms with Crippen molar-refractivity contribution < 1.29 is 4.74 Å². The van der Waals surface area contributed by atoms with Gasteiger partial charge in [-0.05, 0) is 6.07 Å². The van der Waals surface area contributed by atoms with E-state index >= 15 is 0 Å². The normalized spacial score (nSPS) is 19.2. The first kappa shape index (κ1) is 8.32. The Morgan fingerprint density at radius 1 is 1.54 bits per heavy atom. The van der Waals surface area contributed by atoms with Crippen LogP contribution in [0.3, 0.4) is 0 Å². The van der Waals surface area contributed by atoms with Crippen molar-refractivity contribution in [3.05, 3.63) is 42.5 Å². The largest absolute Gasteiger partial charge is 0.491 e. The van der Waals surface area contributed by atoms with Crippen LogP contribution in [0.4, 0.5) is 0 Å². The summed E-state index contributed by atoms with van der Waals surface area (Å²) in [5, 5.41) is 3.34. The van der Waals surface area contributed by atoms with Gasteiger partial charge in [0, 0.05) is 12.1 Å². The Morgan fingerprint density at radius 2 is 2.38 bits per heavy atom. The van der Waals surface area contributed by atoms with Gasteiger partial charge in [-0.15, -0.1) is 6.58 Å². The van der Waals surface area contributed by atoms with Crippen LogP contribution in [0.1, 0.15) is 11.6 Å². The fourth-order valence-electron chi connectivity index (χ4n) is 1.56. The van der Waals surface area contributed by atoms with Crippen molar-refractivity contribution in [3.63, 3.8) is 0 Å². The number of fused-ring (bicyclic) bond motifs is 1. The standard InChI is InChI=1S/C11H13NO/c1-2-7-12-10-8-13-11-6-4-3-5-9(10)11/h2-6,10,12H,1,7-8H2. The lowest BCUT2D eigenvalue weighted by Crippen LogP contribution is -2.22. The molecule has 2 nitrogen and oxygen atoms in total. The van der Waals surface area contributed by atoms with Gasteiger partial charge in [0.1, 0.15) is 12.4 Å². The summed E-state index contributed by atoms with van der Waals surface area (Å²) in [5.41, 5.74) is 1.25. The van der Waals surface area contributed by atoms with Crippen molar-refractivity contribution in [2.24, 2.45) is 0 Å². The van der Waals surface area contributed by atoms with E-state index in [2.05, 4.69) is 18.0 Å². The number of ether oxygens (including phenoxy) is 1. The molecule has 0 fully saturated rings. The van der Waals surface area contributed by atoms with E-state index < -0.39 is 0 Å². The Bertz CT molecular complexity index is 309. The fourth-order valence-corrected chi connectivity index (χ4v) is 1.56. The zero-order valence-electron chi connectivity index (χ0n) is 7.49. The zero-order chi connectivity index (χ0) is 9.10. The smallest absolute Gasteiger partial charge is 0.124 e. The molecule has 1 aromatic rings. The van der Waals surface area contributed by atoms with E-state index in [1.54, 1.807) is 0 Å². The monoisotopic (exact) mass is 175 g/mol. The lowest BCUT2D eigenvalue weighted by atomic mass is 10.1. The highest BCUT2D eigenvalue weighted by Gasteiger charge is 2.21. The molecule has 1 aromatic carbocycles. The van der Waals surface area contributed by atoms with Crippen LogP contribution in [0.25, 0.3) is 0 Å². The Kier molecular flexibility index (Phi) is 2.32. The molecule has 0 amide bonds. The van der Waals surface area contributed by atoms with Gasteiger partial charge < -0.3 is 10.1 Å². The summed E-state index contributed by atoms with van der Waals surface area (Å²) in [7, 11) is 0. The van der Waals surface area contributed by atoms with Gasteiger partial charge in [-0.2, -0.15) is 0 Å². The molecular formula is C11H13NO. The lowest BCUT2D eigenvalue weighted by Gasteiger charge is -2.08. The third kappa shape index (κ3) is 1.58. The maximum absolute atomic E-state index is 5.51. The second-order valence-electron chi connectivity index (χ2n) is 3.10. The predicted molar refractivity (Wildman–Crippen MR) is 52.9 cm³/mol. The highest BCUT2D eigenvalue weighted by atomic mass is 16.5. The Labute approximate surface area is 78.2 Å². The van der Waals surface area contributed by atoms with Crippen molar-refractivity contribution in [1.82, 2.24) is 5.32 Å². The van der Waals surface area contributed by atoms with Gasteiger partial charge >= 0.3 is 0 Å². The molecule has 1 unspecified atom stereocenters. The topological polar surface area (TPSA) is 21.3 Å². The maximum Gasteiger partial charge on any atom is 0.124 e. The van der Waals surface area contributed by atoms with Crippen LogP contribution >= 0.6 is 0 Å². The summed E-state index contributed by atoms with van der Waals surface area (Å²) in [6.45, 7) is 5.23. The molecule has 0 saturated heterocycles. The van der Waals surface area contributed by atoms with Gasteiger partial charge in [0.15, 0.2) is 0 Å². The first-order valence-electron chi connectivity index (χ1n) is 4.48. The molecule has 0 radical (unpaired) electrons. The summed E-state index contributed by atoms with van der Waals surface area (Å²) >= 11 is 0. The van der Waals surface area contributed by atoms with Crippen molar-refractivity contribution in [2.75, 3.05) is 13.2 Å². The average Bonchev–Trinajstić information content (AvgIpc) is 2.58. The van der Waals surface area contributed by atoms with Crippen LogP contribution in [0.15, 0.2) is 36.9 Å². The van der Waals surface area contributed by atoms with Crippen molar-refractivity contribution in [1.29, 1.82) is 0 Å². The molecule has 0 aliphatic carbocycles. The molecule has 13 heavy (non-hydrogen) atoms. The van der Waals surface area contributed by atoms with E-state index in [0.717, 1.165) is 18.9 Å². The molecular weight excluding hydrogens is 162 g/mol. The zero-order valence-corrected chi connectivity index (χ0v) is 7.49. The van der Waals surface area contributed by atoms with E-state index in [0.29, 0.717) is 6.04 Å². The quantitative estimate of drug-likeness (QED) is 0.708. The minimum absolute atomic E-state index is 0.328. The third-order valence-electron chi connectivity index (χ3n) is 2.21. The van der Waals surface area contributed by atoms with Crippen LogP contribution in [-0.2, 0) is 0 Å². The summed E-state index contributed by atoms with van der Waals surface area (Å²) in [5.74, 6) is 1.00. The van der Waals surface area contributed by atoms with Crippen molar-refractivity contribution >= 4 is 0 Å². The highest BCUT2D eigenvalue weighted by Crippen LogP contribution is 2.31. The van der Waals surface area contributed by atoms with Crippen LogP contribution in [0.5, 0.6) is 5.75 Å². The van der Waals surface area contributed by atoms with E-state index in [4.69, 9.17) is 4.74 Å². The molecule has 1 aliphatic heterocycles. The molecule has 0 aromatic heterocycles. The Balaban J connectivity index is 2.13. The number of para-hydroxylation sites is 1. The fraction of sp³-hybridized carbons (Fsp3) is 0.273. The highest BCUT2D eigenvalue weighted by molar-refractivity contribution is 5.39. The van der Waals surface area contributed by atoms with Crippen molar-refractivity contribution in [2.45, 2.75) is 6.04 Å². The molecule has 1 heterocycles. The SMILES string of the molecule is C=CCNC1COc2ccccc21. The van der Waals surface area contributed by atoms with Crippen LogP contribution in [0, 0.1) is 0 Å². The number of hydrogen-bond donors (Lipinski definition) is 1. The van der Waals surface area contributed by atoms with Gasteiger partial charge in [0.25, 0.3) is 0 Å². The van der Waals surface area contributed by atoms with Gasteiger partial charge in [0.05, 0.1) is 6.04 Å². The summed E-state index contributed by atoms with van der Waals surface area (Å²) < 4.78 is 5.51. The maximum atomic E-state index is 5.51. The summed E-state index contributed by atoms with van der Waals surface area (Å²) in [4.78, 5) is 0. The van der Waals surface area contributed by atoms with E-state index in [1.807, 2.05) is 24.3 Å². The molecule has 1 N–H and O–H groups in total. The van der Waals surface area contributed by atoms with E-state index in [9.17, 15) is 0 Å². The first-order valence-corrected chi connectivity index (χ1v) is 4.48. The number of nitrogens with one attached hydrogen (secondary N) is 1. The molecule has 0 spiro atoms. The Hall–Kier alpha value is -1.28. The van der Waals surface area contributed by atoms with E-state index in [-0.39, 0.29) is 0 Å². The molecule has 2 rings (SSSR count). The average molecular weight is 175 g/mol. The predicted octanol–water partition coefficient (Wildman–Crippen LogP) is 1.90. The first-order chi connectivity index (χ1) is 6.42. The minimum Gasteiger partial charge on any atom is -0.491 e.